The summed E-state index contributed by atoms with van der Waals surface area (Å²) in [6.45, 7) is -0.692. The normalized spacial score (nSPS) is 22.5. The minimum atomic E-state index is -5.18. The van der Waals surface area contributed by atoms with Gasteiger partial charge in [0.05, 0.1) is 43.5 Å². The van der Waals surface area contributed by atoms with E-state index < -0.39 is 86.1 Å². The Kier molecular flexibility index (Phi) is 9.26. The number of halogens is 6. The average molecular weight is 862 g/mol. The van der Waals surface area contributed by atoms with Crippen LogP contribution in [0.1, 0.15) is 29.6 Å². The number of alkyl halides is 5. The lowest BCUT2D eigenvalue weighted by atomic mass is 9.64. The fourth-order valence-corrected chi connectivity index (χ4v) is 9.20. The number of allylic oxidation sites excluding steroid dienone is 2. The van der Waals surface area contributed by atoms with Crippen LogP contribution in [0, 0.1) is 5.82 Å². The van der Waals surface area contributed by atoms with E-state index in [0.29, 0.717) is 27.4 Å². The number of phenolic OH excluding ortho intramolecular Hbond substituents is 1. The Hall–Kier alpha value is -6.08. The molecule has 4 heterocycles. The van der Waals surface area contributed by atoms with Crippen LogP contribution in [0.5, 0.6) is 23.0 Å². The van der Waals surface area contributed by atoms with Crippen molar-refractivity contribution in [2.45, 2.75) is 54.0 Å². The second-order valence-electron chi connectivity index (χ2n) is 14.1. The number of phenols is 1. The van der Waals surface area contributed by atoms with Crippen molar-refractivity contribution in [2.75, 3.05) is 19.1 Å². The Bertz CT molecular complexity index is 2840. The number of aryl methyl sites for hydroxylation is 2. The maximum Gasteiger partial charge on any atom is 0.573 e. The molecule has 2 amide bonds. The molecule has 59 heavy (non-hydrogen) atoms. The molecule has 2 fully saturated rings. The molecule has 2 aromatic heterocycles. The van der Waals surface area contributed by atoms with Crippen LogP contribution in [-0.2, 0) is 36.1 Å². The van der Waals surface area contributed by atoms with E-state index in [4.69, 9.17) is 32.7 Å². The van der Waals surface area contributed by atoms with Crippen LogP contribution in [-0.4, -0.2) is 70.7 Å². The van der Waals surface area contributed by atoms with Gasteiger partial charge in [0.25, 0.3) is 17.4 Å². The predicted molar refractivity (Wildman–Crippen MR) is 202 cm³/mol. The molecule has 0 radical (unpaired) electrons. The molecule has 1 aliphatic carbocycles. The van der Waals surface area contributed by atoms with Crippen molar-refractivity contribution < 1.29 is 46.5 Å². The van der Waals surface area contributed by atoms with Gasteiger partial charge in [-0.25, -0.2) is 37.8 Å². The molecular weight excluding hydrogens is 831 g/mol. The zero-order valence-electron chi connectivity index (χ0n) is 30.9. The maximum absolute atomic E-state index is 14.5. The third-order valence-electron chi connectivity index (χ3n) is 11.0. The highest BCUT2D eigenvalue weighted by Gasteiger charge is 2.76. The van der Waals surface area contributed by atoms with Crippen LogP contribution < -0.4 is 36.0 Å². The molecule has 308 valence electrons. The molecule has 1 saturated carbocycles. The Morgan fingerprint density at radius 1 is 0.932 bits per heavy atom. The number of imide groups is 1. The lowest BCUT2D eigenvalue weighted by molar-refractivity contribution is -0.274. The van der Waals surface area contributed by atoms with Gasteiger partial charge in [0, 0.05) is 50.0 Å². The summed E-state index contributed by atoms with van der Waals surface area (Å²) in [4.78, 5) is 70.7. The van der Waals surface area contributed by atoms with Gasteiger partial charge in [-0.15, -0.1) is 36.4 Å². The first-order valence-electron chi connectivity index (χ1n) is 17.7. The van der Waals surface area contributed by atoms with E-state index in [-0.39, 0.29) is 36.5 Å². The van der Waals surface area contributed by atoms with E-state index in [1.54, 1.807) is 12.1 Å². The Morgan fingerprint density at radius 3 is 2.27 bits per heavy atom. The van der Waals surface area contributed by atoms with Gasteiger partial charge in [-0.1, -0.05) is 6.08 Å². The number of nitrogens with zero attached hydrogens (tertiary/aromatic N) is 6. The van der Waals surface area contributed by atoms with E-state index in [0.717, 1.165) is 56.4 Å². The first kappa shape index (κ1) is 39.7. The monoisotopic (exact) mass is 860 g/mol. The smallest absolute Gasteiger partial charge is 0.508 e. The number of rotatable bonds is 8. The molecule has 0 bridgehead atoms. The summed E-state index contributed by atoms with van der Waals surface area (Å²) in [7, 11) is 4.38. The second-order valence-corrected chi connectivity index (χ2v) is 15.3. The first-order chi connectivity index (χ1) is 27.8. The van der Waals surface area contributed by atoms with Crippen molar-refractivity contribution in [3.63, 3.8) is 0 Å². The van der Waals surface area contributed by atoms with Crippen LogP contribution in [0.3, 0.4) is 0 Å². The standard InChI is InChI=1S/C38H30Cl2F4N6O9/c1-46-25-16-29(58-3)28(57-2)15-24(25)45-23(31(46)52)11-12-47-34(55)48-13-10-21-26(50(48)35(47)56)17-36(39)32(53)49(19-6-4-18(41)5-7-19)33(54)37(36,40)30(21)22-14-20(8-9-27(22)51)59-38(42,43)44/h4-10,14-16,26,30,51H,11-13,17H2,1-3H3. The minimum absolute atomic E-state index is 0.00301. The maximum atomic E-state index is 14.5. The topological polar surface area (TPSA) is 169 Å². The van der Waals surface area contributed by atoms with Gasteiger partial charge >= 0.3 is 17.7 Å². The third kappa shape index (κ3) is 5.91. The molecule has 5 aromatic rings. The van der Waals surface area contributed by atoms with E-state index >= 15 is 0 Å². The zero-order chi connectivity index (χ0) is 42.5. The van der Waals surface area contributed by atoms with E-state index in [1.165, 1.54) is 31.9 Å². The second kappa shape index (κ2) is 13.8. The van der Waals surface area contributed by atoms with Crippen molar-refractivity contribution >= 4 is 51.7 Å². The first-order valence-corrected chi connectivity index (χ1v) is 18.4. The fourth-order valence-electron chi connectivity index (χ4n) is 8.30. The van der Waals surface area contributed by atoms with Crippen LogP contribution in [0.2, 0.25) is 0 Å². The van der Waals surface area contributed by atoms with Gasteiger partial charge in [0.2, 0.25) is 0 Å². The number of methoxy groups -OCH3 is 2. The molecule has 21 heteroatoms. The summed E-state index contributed by atoms with van der Waals surface area (Å²) in [6.07, 6.45) is -4.57. The third-order valence-corrected chi connectivity index (χ3v) is 12.4. The number of aromatic nitrogens is 5. The highest BCUT2D eigenvalue weighted by atomic mass is 35.5. The van der Waals surface area contributed by atoms with Crippen LogP contribution in [0.15, 0.2) is 80.6 Å². The number of benzene rings is 3. The fraction of sp³-hybridized carbons (Fsp3) is 0.316. The molecule has 1 saturated heterocycles. The molecule has 3 aliphatic rings. The quantitative estimate of drug-likeness (QED) is 0.103. The van der Waals surface area contributed by atoms with Crippen LogP contribution >= 0.6 is 23.2 Å². The van der Waals surface area contributed by atoms with E-state index in [2.05, 4.69) is 9.72 Å². The number of amides is 2. The van der Waals surface area contributed by atoms with Crippen molar-refractivity contribution in [3.8, 4) is 23.0 Å². The summed E-state index contributed by atoms with van der Waals surface area (Å²) in [5.41, 5.74) is -1.99. The molecule has 8 rings (SSSR count). The molecule has 4 atom stereocenters. The summed E-state index contributed by atoms with van der Waals surface area (Å²) >= 11 is 14.5. The largest absolute Gasteiger partial charge is 0.573 e. The molecule has 15 nitrogen and oxygen atoms in total. The van der Waals surface area contributed by atoms with Crippen molar-refractivity contribution in [3.05, 3.63) is 115 Å². The molecule has 0 spiro atoms. The summed E-state index contributed by atoms with van der Waals surface area (Å²) < 4.78 is 73.3. The van der Waals surface area contributed by atoms with Crippen molar-refractivity contribution in [2.24, 2.45) is 7.05 Å². The van der Waals surface area contributed by atoms with E-state index in [9.17, 15) is 46.6 Å². The average Bonchev–Trinajstić information content (AvgIpc) is 3.52. The Balaban J connectivity index is 1.25. The lowest BCUT2D eigenvalue weighted by Crippen LogP contribution is -2.59. The minimum Gasteiger partial charge on any atom is -0.508 e. The molecule has 3 aromatic carbocycles. The summed E-state index contributed by atoms with van der Waals surface area (Å²) in [5, 5.41) is 11.2. The molecular formula is C38H30Cl2F4N6O9. The van der Waals surface area contributed by atoms with Gasteiger partial charge in [-0.2, -0.15) is 0 Å². The summed E-state index contributed by atoms with van der Waals surface area (Å²) in [6, 6.07) is 8.44. The van der Waals surface area contributed by atoms with Gasteiger partial charge in [0.1, 0.15) is 23.0 Å². The van der Waals surface area contributed by atoms with Gasteiger partial charge in [-0.3, -0.25) is 14.4 Å². The predicted octanol–water partition coefficient (Wildman–Crippen LogP) is 4.26. The number of hydrogen-bond donors (Lipinski definition) is 1. The number of fused-ring (bicyclic) bond motifs is 5. The van der Waals surface area contributed by atoms with Crippen molar-refractivity contribution in [1.29, 1.82) is 0 Å². The van der Waals surface area contributed by atoms with Crippen LogP contribution in [0.25, 0.3) is 11.0 Å². The van der Waals surface area contributed by atoms with Gasteiger partial charge in [0.15, 0.2) is 21.2 Å². The molecule has 1 N–H and O–H groups in total. The number of hydrogen-bond acceptors (Lipinski definition) is 10. The Labute approximate surface area is 338 Å². The van der Waals surface area contributed by atoms with Gasteiger partial charge < -0.3 is 23.9 Å². The lowest BCUT2D eigenvalue weighted by Gasteiger charge is -2.49. The zero-order valence-corrected chi connectivity index (χ0v) is 32.4. The SMILES string of the molecule is COc1cc2nc(CCn3c(=O)n4n(c3=O)C3CC5(Cl)C(=O)N(c6ccc(F)cc6)C(=O)C5(Cl)C(c5cc(OC(F)(F)F)ccc5O)C3=CC4)c(=O)n(C)c2cc1OC. The molecule has 2 aliphatic heterocycles. The van der Waals surface area contributed by atoms with Gasteiger partial charge in [-0.05, 0) is 48.0 Å². The number of ether oxygens (including phenoxy) is 3. The van der Waals surface area contributed by atoms with E-state index in [1.807, 2.05) is 0 Å². The highest BCUT2D eigenvalue weighted by molar-refractivity contribution is 6.58. The number of anilines is 1. The highest BCUT2D eigenvalue weighted by Crippen LogP contribution is 2.64. The van der Waals surface area contributed by atoms with Crippen molar-refractivity contribution in [1.82, 2.24) is 23.5 Å². The number of carbonyl (C=O) groups is 2. The van der Waals surface area contributed by atoms with Crippen LogP contribution in [0.4, 0.5) is 23.2 Å². The summed E-state index contributed by atoms with van der Waals surface area (Å²) in [5.74, 6) is -5.47. The molecule has 4 unspecified atom stereocenters. The Morgan fingerprint density at radius 2 is 1.61 bits per heavy atom. The number of carbonyl (C=O) groups excluding carboxylic acids is 2. The number of aromatic hydroxyl groups is 1.